The lowest BCUT2D eigenvalue weighted by atomic mass is 10.0. The molecular weight excluding hydrogens is 318 g/mol. The third-order valence-corrected chi connectivity index (χ3v) is 4.68. The molecule has 3 aromatic heterocycles. The molecule has 1 atom stereocenters. The second kappa shape index (κ2) is 6.54. The van der Waals surface area contributed by atoms with E-state index in [0.717, 1.165) is 37.4 Å². The fourth-order valence-corrected chi connectivity index (χ4v) is 3.31. The number of hydrogen-bond donors (Lipinski definition) is 0. The summed E-state index contributed by atoms with van der Waals surface area (Å²) in [7, 11) is 3.65. The minimum Gasteiger partial charge on any atom is -0.481 e. The lowest BCUT2D eigenvalue weighted by molar-refractivity contribution is 0.395. The van der Waals surface area contributed by atoms with Crippen LogP contribution in [0.1, 0.15) is 12.8 Å². The molecule has 0 radical (unpaired) electrons. The van der Waals surface area contributed by atoms with E-state index in [9.17, 15) is 0 Å². The van der Waals surface area contributed by atoms with Crippen molar-refractivity contribution in [3.05, 3.63) is 37.1 Å². The van der Waals surface area contributed by atoms with Gasteiger partial charge >= 0.3 is 0 Å². The molecule has 0 amide bonds. The molecule has 8 nitrogen and oxygen atoms in total. The number of anilines is 2. The number of methoxy groups -OCH3 is 1. The van der Waals surface area contributed by atoms with Gasteiger partial charge in [-0.15, -0.1) is 0 Å². The van der Waals surface area contributed by atoms with Gasteiger partial charge < -0.3 is 18.9 Å². The molecule has 1 aliphatic heterocycles. The number of imidazole rings is 1. The summed E-state index contributed by atoms with van der Waals surface area (Å²) in [5, 5.41) is 0. The molecule has 3 aromatic rings. The van der Waals surface area contributed by atoms with Crippen LogP contribution in [-0.4, -0.2) is 57.6 Å². The summed E-state index contributed by atoms with van der Waals surface area (Å²) in [6.07, 6.45) is 11.4. The zero-order chi connectivity index (χ0) is 17.2. The Morgan fingerprint density at radius 3 is 2.84 bits per heavy atom. The molecule has 8 heteroatoms. The lowest BCUT2D eigenvalue weighted by Crippen LogP contribution is -2.47. The van der Waals surface area contributed by atoms with E-state index in [2.05, 4.69) is 29.7 Å². The standard InChI is InChI=1S/C17H21N7O/c1-22(17-20-6-5-14(21-17)25-2)13-4-3-9-24(12-13)16-15-18-7-10-23(15)11-8-19-16/h5-8,10-11,13H,3-4,9,12H2,1-2H3. The first kappa shape index (κ1) is 15.6. The Morgan fingerprint density at radius 2 is 2.00 bits per heavy atom. The number of hydrogen-bond acceptors (Lipinski definition) is 7. The molecular formula is C17H21N7O. The summed E-state index contributed by atoms with van der Waals surface area (Å²) in [6, 6.07) is 2.06. The first-order chi connectivity index (χ1) is 12.3. The van der Waals surface area contributed by atoms with Gasteiger partial charge in [0.2, 0.25) is 11.8 Å². The van der Waals surface area contributed by atoms with Crippen molar-refractivity contribution >= 4 is 17.4 Å². The monoisotopic (exact) mass is 339 g/mol. The number of piperidine rings is 1. The minimum atomic E-state index is 0.304. The average Bonchev–Trinajstić information content (AvgIpc) is 3.16. The van der Waals surface area contributed by atoms with Crippen molar-refractivity contribution in [1.29, 1.82) is 0 Å². The van der Waals surface area contributed by atoms with Gasteiger partial charge in [0.15, 0.2) is 11.5 Å². The van der Waals surface area contributed by atoms with Crippen LogP contribution < -0.4 is 14.5 Å². The van der Waals surface area contributed by atoms with E-state index in [4.69, 9.17) is 4.74 Å². The quantitative estimate of drug-likeness (QED) is 0.715. The van der Waals surface area contributed by atoms with Crippen LogP contribution in [0.3, 0.4) is 0 Å². The molecule has 0 aromatic carbocycles. The van der Waals surface area contributed by atoms with Crippen LogP contribution >= 0.6 is 0 Å². The SMILES string of the molecule is COc1ccnc(N(C)C2CCCN(c3nccn4ccnc34)C2)n1. The highest BCUT2D eigenvalue weighted by Gasteiger charge is 2.27. The van der Waals surface area contributed by atoms with Crippen LogP contribution in [0, 0.1) is 0 Å². The Kier molecular flexibility index (Phi) is 4.09. The second-order valence-electron chi connectivity index (χ2n) is 6.16. The van der Waals surface area contributed by atoms with Gasteiger partial charge in [-0.1, -0.05) is 0 Å². The Labute approximate surface area is 146 Å². The third-order valence-electron chi connectivity index (χ3n) is 4.68. The van der Waals surface area contributed by atoms with Gasteiger partial charge in [-0.05, 0) is 12.8 Å². The number of ether oxygens (including phenoxy) is 1. The minimum absolute atomic E-state index is 0.304. The molecule has 0 spiro atoms. The van der Waals surface area contributed by atoms with Gasteiger partial charge in [0.05, 0.1) is 7.11 Å². The molecule has 1 fully saturated rings. The Hall–Kier alpha value is -2.90. The topological polar surface area (TPSA) is 71.7 Å². The van der Waals surface area contributed by atoms with Gasteiger partial charge in [0.1, 0.15) is 0 Å². The Morgan fingerprint density at radius 1 is 1.16 bits per heavy atom. The third kappa shape index (κ3) is 2.95. The molecule has 1 saturated heterocycles. The van der Waals surface area contributed by atoms with Crippen molar-refractivity contribution in [3.63, 3.8) is 0 Å². The number of nitrogens with zero attached hydrogens (tertiary/aromatic N) is 7. The zero-order valence-electron chi connectivity index (χ0n) is 14.4. The fraction of sp³-hybridized carbons (Fsp3) is 0.412. The maximum Gasteiger partial charge on any atom is 0.228 e. The van der Waals surface area contributed by atoms with E-state index >= 15 is 0 Å². The number of fused-ring (bicyclic) bond motifs is 1. The van der Waals surface area contributed by atoms with Crippen LogP contribution in [0.25, 0.3) is 5.65 Å². The predicted molar refractivity (Wildman–Crippen MR) is 95.2 cm³/mol. The molecule has 130 valence electrons. The van der Waals surface area contributed by atoms with Crippen LogP contribution in [0.2, 0.25) is 0 Å². The first-order valence-corrected chi connectivity index (χ1v) is 8.39. The van der Waals surface area contributed by atoms with Gasteiger partial charge in [0, 0.05) is 63.2 Å². The maximum absolute atomic E-state index is 5.21. The summed E-state index contributed by atoms with van der Waals surface area (Å²) in [6.45, 7) is 1.83. The van der Waals surface area contributed by atoms with Crippen molar-refractivity contribution in [3.8, 4) is 5.88 Å². The molecule has 4 heterocycles. The van der Waals surface area contributed by atoms with Crippen LogP contribution in [0.15, 0.2) is 37.1 Å². The largest absolute Gasteiger partial charge is 0.481 e. The highest BCUT2D eigenvalue weighted by molar-refractivity contribution is 5.64. The van der Waals surface area contributed by atoms with Crippen molar-refractivity contribution in [2.75, 3.05) is 37.0 Å². The van der Waals surface area contributed by atoms with Crippen molar-refractivity contribution < 1.29 is 4.74 Å². The molecule has 0 saturated carbocycles. The molecule has 0 aliphatic carbocycles. The summed E-state index contributed by atoms with van der Waals surface area (Å²) in [4.78, 5) is 22.3. The van der Waals surface area contributed by atoms with E-state index in [1.54, 1.807) is 25.6 Å². The summed E-state index contributed by atoms with van der Waals surface area (Å²) in [5.74, 6) is 2.18. The van der Waals surface area contributed by atoms with Crippen LogP contribution in [0.5, 0.6) is 5.88 Å². The summed E-state index contributed by atoms with van der Waals surface area (Å²) >= 11 is 0. The van der Waals surface area contributed by atoms with E-state index in [0.29, 0.717) is 17.9 Å². The maximum atomic E-state index is 5.21. The van der Waals surface area contributed by atoms with Crippen LogP contribution in [0.4, 0.5) is 11.8 Å². The summed E-state index contributed by atoms with van der Waals surface area (Å²) in [5.41, 5.74) is 0.892. The normalized spacial score (nSPS) is 17.7. The van der Waals surface area contributed by atoms with E-state index in [-0.39, 0.29) is 0 Å². The zero-order valence-corrected chi connectivity index (χ0v) is 14.4. The van der Waals surface area contributed by atoms with Gasteiger partial charge in [-0.25, -0.2) is 15.0 Å². The first-order valence-electron chi connectivity index (χ1n) is 8.39. The number of rotatable bonds is 4. The Balaban J connectivity index is 1.57. The van der Waals surface area contributed by atoms with Crippen molar-refractivity contribution in [2.45, 2.75) is 18.9 Å². The van der Waals surface area contributed by atoms with Gasteiger partial charge in [-0.2, -0.15) is 4.98 Å². The van der Waals surface area contributed by atoms with Crippen LogP contribution in [-0.2, 0) is 0 Å². The summed E-state index contributed by atoms with van der Waals surface area (Å²) < 4.78 is 7.21. The average molecular weight is 339 g/mol. The molecule has 25 heavy (non-hydrogen) atoms. The molecule has 4 rings (SSSR count). The highest BCUT2D eigenvalue weighted by Crippen LogP contribution is 2.25. The smallest absolute Gasteiger partial charge is 0.228 e. The highest BCUT2D eigenvalue weighted by atomic mass is 16.5. The molecule has 1 unspecified atom stereocenters. The number of aromatic nitrogens is 5. The van der Waals surface area contributed by atoms with E-state index in [1.807, 2.05) is 30.0 Å². The predicted octanol–water partition coefficient (Wildman–Crippen LogP) is 1.63. The fourth-order valence-electron chi connectivity index (χ4n) is 3.31. The number of likely N-dealkylation sites (N-methyl/N-ethyl adjacent to an activating group) is 1. The Bertz CT molecular complexity index is 865. The lowest BCUT2D eigenvalue weighted by Gasteiger charge is -2.38. The second-order valence-corrected chi connectivity index (χ2v) is 6.16. The van der Waals surface area contributed by atoms with E-state index < -0.39 is 0 Å². The van der Waals surface area contributed by atoms with Crippen molar-refractivity contribution in [2.24, 2.45) is 0 Å². The molecule has 0 N–H and O–H groups in total. The molecule has 0 bridgehead atoms. The van der Waals surface area contributed by atoms with Crippen molar-refractivity contribution in [1.82, 2.24) is 24.3 Å². The molecule has 1 aliphatic rings. The van der Waals surface area contributed by atoms with Gasteiger partial charge in [-0.3, -0.25) is 0 Å². The van der Waals surface area contributed by atoms with E-state index in [1.165, 1.54) is 0 Å². The van der Waals surface area contributed by atoms with Gasteiger partial charge in [0.25, 0.3) is 0 Å².